The molecule has 1 nitrogen and oxygen atoms in total. The lowest BCUT2D eigenvalue weighted by Gasteiger charge is -2.61. The van der Waals surface area contributed by atoms with Crippen molar-refractivity contribution in [1.82, 2.24) is 0 Å². The zero-order valence-electron chi connectivity index (χ0n) is 36.7. The molecule has 9 aromatic rings. The molecule has 0 saturated heterocycles. The Bertz CT molecular complexity index is 3370. The molecule has 4 saturated carbocycles. The van der Waals surface area contributed by atoms with Gasteiger partial charge in [0.2, 0.25) is 0 Å². The molecule has 0 N–H and O–H groups in total. The molecule has 0 aromatic heterocycles. The topological polar surface area (TPSA) is 3.24 Å². The summed E-state index contributed by atoms with van der Waals surface area (Å²) < 4.78 is 0. The Morgan fingerprint density at radius 2 is 0.922 bits per heavy atom. The molecule has 0 atom stereocenters. The van der Waals surface area contributed by atoms with Crippen LogP contribution in [-0.2, 0) is 10.8 Å². The SMILES string of the molecule is CC1(C)c2ccccc2-c2cccc(-c3cccc(N(c4cccc(-c5cccc6c5ccc5ccccc56)c4)c4ccc5c(c4)C4(c6ccccc6-5)C5CC6CC(C5)CC4C6)c3)c21. The van der Waals surface area contributed by atoms with E-state index in [-0.39, 0.29) is 10.8 Å². The van der Waals surface area contributed by atoms with E-state index in [2.05, 4.69) is 207 Å². The Kier molecular flexibility index (Phi) is 7.70. The van der Waals surface area contributed by atoms with Gasteiger partial charge in [0.1, 0.15) is 0 Å². The zero-order chi connectivity index (χ0) is 42.3. The van der Waals surface area contributed by atoms with Gasteiger partial charge in [0, 0.05) is 27.9 Å². The van der Waals surface area contributed by atoms with Crippen LogP contribution in [0.2, 0.25) is 0 Å². The number of benzene rings is 9. The Labute approximate surface area is 377 Å². The average Bonchev–Trinajstić information content (AvgIpc) is 3.76. The van der Waals surface area contributed by atoms with E-state index >= 15 is 0 Å². The quantitative estimate of drug-likeness (QED) is 0.156. The third kappa shape index (κ3) is 5.02. The van der Waals surface area contributed by atoms with Gasteiger partial charge in [-0.05, 0) is 180 Å². The summed E-state index contributed by atoms with van der Waals surface area (Å²) in [6, 6.07) is 72.0. The molecule has 4 fully saturated rings. The summed E-state index contributed by atoms with van der Waals surface area (Å²) in [6.07, 6.45) is 6.96. The van der Waals surface area contributed by atoms with Crippen LogP contribution in [-0.4, -0.2) is 0 Å². The van der Waals surface area contributed by atoms with E-state index in [4.69, 9.17) is 0 Å². The molecule has 0 radical (unpaired) electrons. The molecule has 0 aliphatic heterocycles. The van der Waals surface area contributed by atoms with E-state index in [0.29, 0.717) is 11.8 Å². The van der Waals surface area contributed by atoms with Crippen molar-refractivity contribution in [3.8, 4) is 44.5 Å². The molecule has 6 aliphatic carbocycles. The van der Waals surface area contributed by atoms with Crippen molar-refractivity contribution in [2.45, 2.75) is 56.8 Å². The van der Waals surface area contributed by atoms with Crippen molar-refractivity contribution in [1.29, 1.82) is 0 Å². The number of nitrogens with zero attached hydrogens (tertiary/aromatic N) is 1. The highest BCUT2D eigenvalue weighted by molar-refractivity contribution is 6.12. The van der Waals surface area contributed by atoms with Crippen molar-refractivity contribution in [3.05, 3.63) is 210 Å². The lowest BCUT2D eigenvalue weighted by atomic mass is 9.43. The highest BCUT2D eigenvalue weighted by atomic mass is 15.1. The minimum Gasteiger partial charge on any atom is -0.310 e. The Balaban J connectivity index is 0.973. The Morgan fingerprint density at radius 1 is 0.375 bits per heavy atom. The predicted octanol–water partition coefficient (Wildman–Crippen LogP) is 16.8. The first-order chi connectivity index (χ1) is 31.4. The van der Waals surface area contributed by atoms with Crippen LogP contribution in [0.15, 0.2) is 188 Å². The second-order valence-electron chi connectivity index (χ2n) is 20.5. The van der Waals surface area contributed by atoms with Gasteiger partial charge in [-0.1, -0.05) is 166 Å². The van der Waals surface area contributed by atoms with Gasteiger partial charge in [-0.25, -0.2) is 0 Å². The summed E-state index contributed by atoms with van der Waals surface area (Å²) in [5.74, 6) is 3.21. The van der Waals surface area contributed by atoms with Crippen molar-refractivity contribution >= 4 is 38.6 Å². The van der Waals surface area contributed by atoms with Gasteiger partial charge >= 0.3 is 0 Å². The lowest BCUT2D eigenvalue weighted by molar-refractivity contribution is -0.0399. The first-order valence-electron chi connectivity index (χ1n) is 23.8. The molecule has 15 rings (SSSR count). The third-order valence-corrected chi connectivity index (χ3v) is 17.0. The lowest BCUT2D eigenvalue weighted by Crippen LogP contribution is -2.55. The summed E-state index contributed by atoms with van der Waals surface area (Å²) in [7, 11) is 0. The van der Waals surface area contributed by atoms with Crippen molar-refractivity contribution in [3.63, 3.8) is 0 Å². The van der Waals surface area contributed by atoms with E-state index in [0.717, 1.165) is 11.8 Å². The maximum Gasteiger partial charge on any atom is 0.0467 e. The van der Waals surface area contributed by atoms with Gasteiger partial charge in [-0.2, -0.15) is 0 Å². The van der Waals surface area contributed by atoms with Crippen LogP contribution in [0.25, 0.3) is 66.1 Å². The van der Waals surface area contributed by atoms with Gasteiger partial charge in [0.05, 0.1) is 0 Å². The average molecular weight is 822 g/mol. The van der Waals surface area contributed by atoms with Crippen LogP contribution in [0.5, 0.6) is 0 Å². The molecule has 6 aliphatic rings. The summed E-state index contributed by atoms with van der Waals surface area (Å²) in [5, 5.41) is 5.16. The number of hydrogen-bond acceptors (Lipinski definition) is 1. The molecule has 0 unspecified atom stereocenters. The first-order valence-corrected chi connectivity index (χ1v) is 23.8. The fourth-order valence-electron chi connectivity index (χ4n) is 14.7. The zero-order valence-corrected chi connectivity index (χ0v) is 36.7. The van der Waals surface area contributed by atoms with Crippen LogP contribution in [0.4, 0.5) is 17.1 Å². The molecule has 0 amide bonds. The molecule has 4 bridgehead atoms. The maximum absolute atomic E-state index is 2.65. The highest BCUT2D eigenvalue weighted by Gasteiger charge is 2.61. The van der Waals surface area contributed by atoms with Gasteiger partial charge in [0.15, 0.2) is 0 Å². The van der Waals surface area contributed by atoms with E-state index in [1.165, 1.54) is 126 Å². The molecule has 9 aromatic carbocycles. The largest absolute Gasteiger partial charge is 0.310 e. The van der Waals surface area contributed by atoms with E-state index < -0.39 is 0 Å². The molecule has 1 heteroatoms. The van der Waals surface area contributed by atoms with E-state index in [1.54, 1.807) is 11.1 Å². The summed E-state index contributed by atoms with van der Waals surface area (Å²) >= 11 is 0. The highest BCUT2D eigenvalue weighted by Crippen LogP contribution is 2.69. The third-order valence-electron chi connectivity index (χ3n) is 17.0. The number of fused-ring (bicyclic) bond motifs is 9. The minimum absolute atomic E-state index is 0.0850. The van der Waals surface area contributed by atoms with E-state index in [1.807, 2.05) is 0 Å². The fraction of sp³-hybridized carbons (Fsp3) is 0.206. The number of anilines is 3. The van der Waals surface area contributed by atoms with Crippen LogP contribution < -0.4 is 4.90 Å². The minimum atomic E-state index is -0.113. The fourth-order valence-corrected chi connectivity index (χ4v) is 14.7. The molecule has 308 valence electrons. The first kappa shape index (κ1) is 36.8. The van der Waals surface area contributed by atoms with Gasteiger partial charge < -0.3 is 4.90 Å². The normalized spacial score (nSPS) is 22.7. The predicted molar refractivity (Wildman–Crippen MR) is 268 cm³/mol. The van der Waals surface area contributed by atoms with Crippen molar-refractivity contribution < 1.29 is 0 Å². The maximum atomic E-state index is 2.65. The second kappa shape index (κ2) is 13.4. The van der Waals surface area contributed by atoms with Gasteiger partial charge in [0.25, 0.3) is 0 Å². The smallest absolute Gasteiger partial charge is 0.0467 e. The van der Waals surface area contributed by atoms with Crippen LogP contribution in [0.3, 0.4) is 0 Å². The van der Waals surface area contributed by atoms with Crippen LogP contribution >= 0.6 is 0 Å². The molecule has 0 heterocycles. The van der Waals surface area contributed by atoms with Gasteiger partial charge in [-0.15, -0.1) is 0 Å². The van der Waals surface area contributed by atoms with E-state index in [9.17, 15) is 0 Å². The summed E-state index contributed by atoms with van der Waals surface area (Å²) in [5.41, 5.74) is 20.3. The molecular formula is C63H51N. The van der Waals surface area contributed by atoms with Gasteiger partial charge in [-0.3, -0.25) is 0 Å². The molecule has 64 heavy (non-hydrogen) atoms. The second-order valence-corrected chi connectivity index (χ2v) is 20.5. The molecular weight excluding hydrogens is 771 g/mol. The van der Waals surface area contributed by atoms with Crippen molar-refractivity contribution in [2.75, 3.05) is 4.90 Å². The van der Waals surface area contributed by atoms with Crippen LogP contribution in [0, 0.1) is 23.7 Å². The monoisotopic (exact) mass is 821 g/mol. The van der Waals surface area contributed by atoms with Crippen molar-refractivity contribution in [2.24, 2.45) is 23.7 Å². The Hall–Kier alpha value is -6.70. The summed E-state index contributed by atoms with van der Waals surface area (Å²) in [4.78, 5) is 2.57. The van der Waals surface area contributed by atoms with Crippen LogP contribution in [0.1, 0.15) is 68.2 Å². The number of hydrogen-bond donors (Lipinski definition) is 0. The number of rotatable bonds is 5. The summed E-state index contributed by atoms with van der Waals surface area (Å²) in [6.45, 7) is 4.81. The Morgan fingerprint density at radius 3 is 1.69 bits per heavy atom. The standard InChI is InChI=1S/C63H51N/c1-62(2)58-25-7-5-20-55(58)57-24-12-22-51(61(57)62)43-15-10-17-47(37-43)64(46-16-9-14-42(36-46)50-21-11-23-52-49-18-4-3-13-41(49)27-29-53(50)52)48-28-30-56-54-19-6-8-26-59(54)63(60(56)38-48)44-32-39-31-40(34-44)35-45(63)33-39/h3-30,36-40,44-45H,31-35H2,1-2H3. The molecule has 1 spiro atoms.